The first-order chi connectivity index (χ1) is 9.53. The van der Waals surface area contributed by atoms with Gasteiger partial charge in [0.2, 0.25) is 0 Å². The molecule has 2 atom stereocenters. The van der Waals surface area contributed by atoms with Crippen LogP contribution in [0.15, 0.2) is 24.3 Å². The van der Waals surface area contributed by atoms with Gasteiger partial charge in [-0.3, -0.25) is 9.59 Å². The summed E-state index contributed by atoms with van der Waals surface area (Å²) >= 11 is 5.87. The number of rotatable bonds is 4. The van der Waals surface area contributed by atoms with E-state index in [1.165, 1.54) is 7.11 Å². The molecule has 108 valence electrons. The van der Waals surface area contributed by atoms with E-state index >= 15 is 0 Å². The third-order valence-corrected chi connectivity index (χ3v) is 4.50. The fourth-order valence-corrected chi connectivity index (χ4v) is 3.18. The van der Waals surface area contributed by atoms with E-state index in [0.29, 0.717) is 17.9 Å². The number of ether oxygens (including phenoxy) is 1. The van der Waals surface area contributed by atoms with Crippen molar-refractivity contribution in [3.63, 3.8) is 0 Å². The van der Waals surface area contributed by atoms with Gasteiger partial charge in [-0.25, -0.2) is 0 Å². The molecular weight excluding hydrogens is 276 g/mol. The van der Waals surface area contributed by atoms with Crippen molar-refractivity contribution < 1.29 is 14.3 Å². The van der Waals surface area contributed by atoms with Crippen molar-refractivity contribution in [2.24, 2.45) is 11.3 Å². The van der Waals surface area contributed by atoms with Crippen molar-refractivity contribution in [3.8, 4) is 0 Å². The number of hydrogen-bond acceptors (Lipinski definition) is 3. The first-order valence-electron chi connectivity index (χ1n) is 6.90. The molecule has 0 spiro atoms. The maximum Gasteiger partial charge on any atom is 0.319 e. The minimum Gasteiger partial charge on any atom is -0.468 e. The highest BCUT2D eigenvalue weighted by atomic mass is 35.5. The van der Waals surface area contributed by atoms with Gasteiger partial charge in [-0.05, 0) is 43.4 Å². The Morgan fingerprint density at radius 1 is 1.40 bits per heavy atom. The lowest BCUT2D eigenvalue weighted by Crippen LogP contribution is -2.40. The van der Waals surface area contributed by atoms with E-state index in [2.05, 4.69) is 0 Å². The molecule has 0 bridgehead atoms. The summed E-state index contributed by atoms with van der Waals surface area (Å²) in [5.74, 6) is -0.406. The van der Waals surface area contributed by atoms with Gasteiger partial charge in [0.25, 0.3) is 0 Å². The summed E-state index contributed by atoms with van der Waals surface area (Å²) in [6.07, 6.45) is 2.50. The Morgan fingerprint density at radius 2 is 2.05 bits per heavy atom. The van der Waals surface area contributed by atoms with Crippen molar-refractivity contribution >= 4 is 23.4 Å². The normalized spacial score (nSPS) is 25.8. The van der Waals surface area contributed by atoms with Gasteiger partial charge < -0.3 is 4.74 Å². The number of carbonyl (C=O) groups is 2. The number of carbonyl (C=O) groups excluding carboxylic acids is 2. The summed E-state index contributed by atoms with van der Waals surface area (Å²) in [7, 11) is 1.35. The zero-order valence-corrected chi connectivity index (χ0v) is 12.6. The van der Waals surface area contributed by atoms with E-state index in [-0.39, 0.29) is 11.7 Å². The van der Waals surface area contributed by atoms with Crippen LogP contribution in [0.2, 0.25) is 5.02 Å². The maximum absolute atomic E-state index is 12.6. The van der Waals surface area contributed by atoms with Crippen LogP contribution in [0.1, 0.15) is 31.7 Å². The Labute approximate surface area is 124 Å². The van der Waals surface area contributed by atoms with Gasteiger partial charge in [-0.1, -0.05) is 30.7 Å². The second kappa shape index (κ2) is 5.96. The Balaban J connectivity index is 2.31. The summed E-state index contributed by atoms with van der Waals surface area (Å²) in [6, 6.07) is 7.27. The monoisotopic (exact) mass is 294 g/mol. The number of hydrogen-bond donors (Lipinski definition) is 0. The van der Waals surface area contributed by atoms with Crippen molar-refractivity contribution in [1.82, 2.24) is 0 Å². The topological polar surface area (TPSA) is 43.4 Å². The zero-order valence-electron chi connectivity index (χ0n) is 11.8. The molecule has 1 fully saturated rings. The molecule has 0 radical (unpaired) electrons. The third-order valence-electron chi connectivity index (χ3n) is 4.25. The summed E-state index contributed by atoms with van der Waals surface area (Å²) in [5, 5.41) is 0.644. The molecule has 1 saturated carbocycles. The highest BCUT2D eigenvalue weighted by molar-refractivity contribution is 6.30. The fraction of sp³-hybridized carbons (Fsp3) is 0.500. The molecule has 1 aromatic rings. The fourth-order valence-electron chi connectivity index (χ4n) is 3.05. The van der Waals surface area contributed by atoms with Crippen LogP contribution in [-0.4, -0.2) is 18.9 Å². The average molecular weight is 295 g/mol. The Bertz CT molecular complexity index is 509. The van der Waals surface area contributed by atoms with E-state index in [9.17, 15) is 9.59 Å². The summed E-state index contributed by atoms with van der Waals surface area (Å²) < 4.78 is 4.91. The average Bonchev–Trinajstić information content (AvgIpc) is 2.78. The predicted octanol–water partition coefficient (Wildman–Crippen LogP) is 3.43. The number of Topliss-reactive ketones (excluding diaryl/α,β-unsaturated/α-hetero) is 1. The van der Waals surface area contributed by atoms with Crippen LogP contribution in [0.4, 0.5) is 0 Å². The van der Waals surface area contributed by atoms with Gasteiger partial charge in [-0.15, -0.1) is 0 Å². The van der Waals surface area contributed by atoms with Crippen molar-refractivity contribution in [1.29, 1.82) is 0 Å². The minimum absolute atomic E-state index is 0.0265. The largest absolute Gasteiger partial charge is 0.468 e. The van der Waals surface area contributed by atoms with Gasteiger partial charge in [0.05, 0.1) is 7.11 Å². The lowest BCUT2D eigenvalue weighted by atomic mass is 9.78. The predicted molar refractivity (Wildman–Crippen MR) is 77.6 cm³/mol. The molecule has 20 heavy (non-hydrogen) atoms. The first kappa shape index (κ1) is 15.0. The molecular formula is C16H19ClO3. The molecule has 0 heterocycles. The molecule has 1 aliphatic carbocycles. The zero-order chi connectivity index (χ0) is 14.8. The van der Waals surface area contributed by atoms with Gasteiger partial charge in [0, 0.05) is 10.9 Å². The third kappa shape index (κ3) is 2.59. The standard InChI is InChI=1S/C16H19ClO3/c1-3-12-8-9-16(14(12)18,15(19)20-2)10-11-4-6-13(17)7-5-11/h4-7,12H,3,8-10H2,1-2H3. The number of halogens is 1. The Morgan fingerprint density at radius 3 is 2.55 bits per heavy atom. The molecule has 0 N–H and O–H groups in total. The van der Waals surface area contributed by atoms with E-state index in [4.69, 9.17) is 16.3 Å². The Kier molecular flexibility index (Phi) is 4.48. The van der Waals surface area contributed by atoms with Gasteiger partial charge >= 0.3 is 5.97 Å². The molecule has 2 unspecified atom stereocenters. The summed E-state index contributed by atoms with van der Waals surface area (Å²) in [6.45, 7) is 1.98. The van der Waals surface area contributed by atoms with E-state index in [1.807, 2.05) is 19.1 Å². The van der Waals surface area contributed by atoms with Gasteiger partial charge in [-0.2, -0.15) is 0 Å². The smallest absolute Gasteiger partial charge is 0.319 e. The first-order valence-corrected chi connectivity index (χ1v) is 7.28. The van der Waals surface area contributed by atoms with Crippen LogP contribution >= 0.6 is 11.6 Å². The van der Waals surface area contributed by atoms with Gasteiger partial charge in [0.1, 0.15) is 5.41 Å². The number of ketones is 1. The number of esters is 1. The van der Waals surface area contributed by atoms with Crippen LogP contribution < -0.4 is 0 Å². The molecule has 2 rings (SSSR count). The molecule has 1 aliphatic rings. The number of benzene rings is 1. The highest BCUT2D eigenvalue weighted by Crippen LogP contribution is 2.43. The van der Waals surface area contributed by atoms with Crippen molar-refractivity contribution in [3.05, 3.63) is 34.9 Å². The SMILES string of the molecule is CCC1CCC(Cc2ccc(Cl)cc2)(C(=O)OC)C1=O. The molecule has 0 aliphatic heterocycles. The molecule has 1 aromatic carbocycles. The lowest BCUT2D eigenvalue weighted by Gasteiger charge is -2.25. The molecule has 0 amide bonds. The van der Waals surface area contributed by atoms with Crippen LogP contribution in [0.3, 0.4) is 0 Å². The molecule has 3 nitrogen and oxygen atoms in total. The van der Waals surface area contributed by atoms with Crippen LogP contribution in [0, 0.1) is 11.3 Å². The minimum atomic E-state index is -1.01. The summed E-state index contributed by atoms with van der Waals surface area (Å²) in [4.78, 5) is 24.8. The van der Waals surface area contributed by atoms with Crippen LogP contribution in [0.5, 0.6) is 0 Å². The highest BCUT2D eigenvalue weighted by Gasteiger charge is 2.53. The molecule has 0 saturated heterocycles. The lowest BCUT2D eigenvalue weighted by molar-refractivity contribution is -0.157. The molecule has 4 heteroatoms. The second-order valence-electron chi connectivity index (χ2n) is 5.39. The van der Waals surface area contributed by atoms with E-state index in [1.54, 1.807) is 12.1 Å². The van der Waals surface area contributed by atoms with Crippen molar-refractivity contribution in [2.45, 2.75) is 32.6 Å². The van der Waals surface area contributed by atoms with Crippen LogP contribution in [-0.2, 0) is 20.7 Å². The second-order valence-corrected chi connectivity index (χ2v) is 5.82. The van der Waals surface area contributed by atoms with Gasteiger partial charge in [0.15, 0.2) is 5.78 Å². The summed E-state index contributed by atoms with van der Waals surface area (Å²) in [5.41, 5.74) is -0.0756. The quantitative estimate of drug-likeness (QED) is 0.631. The van der Waals surface area contributed by atoms with E-state index < -0.39 is 11.4 Å². The molecule has 0 aromatic heterocycles. The van der Waals surface area contributed by atoms with Crippen molar-refractivity contribution in [2.75, 3.05) is 7.11 Å². The number of methoxy groups -OCH3 is 1. The Hall–Kier alpha value is -1.35. The van der Waals surface area contributed by atoms with E-state index in [0.717, 1.165) is 18.4 Å². The maximum atomic E-state index is 12.6. The van der Waals surface area contributed by atoms with Crippen LogP contribution in [0.25, 0.3) is 0 Å².